The highest BCUT2D eigenvalue weighted by Gasteiger charge is 2.39. The van der Waals surface area contributed by atoms with Crippen molar-refractivity contribution in [2.45, 2.75) is 44.8 Å². The highest BCUT2D eigenvalue weighted by Crippen LogP contribution is 2.34. The molecular formula is C26H26FN5O3. The number of aryl methyl sites for hydroxylation is 1. The zero-order valence-electron chi connectivity index (χ0n) is 19.5. The molecule has 0 aliphatic carbocycles. The minimum Gasteiger partial charge on any atom is -0.336 e. The summed E-state index contributed by atoms with van der Waals surface area (Å²) in [4.78, 5) is 45.5. The second-order valence-electron chi connectivity index (χ2n) is 9.70. The predicted octanol–water partition coefficient (Wildman–Crippen LogP) is 2.74. The first kappa shape index (κ1) is 21.9. The van der Waals surface area contributed by atoms with Gasteiger partial charge in [-0.1, -0.05) is 0 Å². The van der Waals surface area contributed by atoms with Crippen LogP contribution in [0.5, 0.6) is 0 Å². The number of carbonyl (C=O) groups is 3. The van der Waals surface area contributed by atoms with Gasteiger partial charge in [0.05, 0.1) is 5.69 Å². The molecule has 1 unspecified atom stereocenters. The van der Waals surface area contributed by atoms with Crippen LogP contribution in [-0.2, 0) is 29.7 Å². The van der Waals surface area contributed by atoms with E-state index in [9.17, 15) is 14.4 Å². The van der Waals surface area contributed by atoms with Crippen LogP contribution in [-0.4, -0.2) is 56.2 Å². The Bertz CT molecular complexity index is 1390. The Labute approximate surface area is 201 Å². The van der Waals surface area contributed by atoms with Gasteiger partial charge in [0.25, 0.3) is 5.91 Å². The second-order valence-corrected chi connectivity index (χ2v) is 9.70. The summed E-state index contributed by atoms with van der Waals surface area (Å²) in [6.45, 7) is 3.08. The summed E-state index contributed by atoms with van der Waals surface area (Å²) < 4.78 is 17.3. The molecule has 0 spiro atoms. The van der Waals surface area contributed by atoms with Crippen molar-refractivity contribution >= 4 is 28.8 Å². The normalized spacial score (nSPS) is 20.7. The lowest BCUT2D eigenvalue weighted by Crippen LogP contribution is -2.52. The van der Waals surface area contributed by atoms with Crippen LogP contribution in [0.4, 0.5) is 4.39 Å². The third-order valence-corrected chi connectivity index (χ3v) is 7.40. The van der Waals surface area contributed by atoms with Crippen LogP contribution in [0.1, 0.15) is 47.2 Å². The summed E-state index contributed by atoms with van der Waals surface area (Å²) in [5.74, 6) is -1.72. The van der Waals surface area contributed by atoms with Gasteiger partial charge < -0.3 is 9.47 Å². The summed E-state index contributed by atoms with van der Waals surface area (Å²) >= 11 is 0. The molecule has 0 saturated carbocycles. The molecule has 3 aromatic rings. The van der Waals surface area contributed by atoms with E-state index in [4.69, 9.17) is 4.98 Å². The maximum atomic E-state index is 15.4. The fourth-order valence-electron chi connectivity index (χ4n) is 5.54. The smallest absolute Gasteiger partial charge is 0.255 e. The number of nitrogens with zero attached hydrogens (tertiary/aromatic N) is 4. The molecule has 2 aromatic heterocycles. The molecule has 3 amide bonds. The van der Waals surface area contributed by atoms with Crippen molar-refractivity contribution in [1.29, 1.82) is 0 Å². The van der Waals surface area contributed by atoms with Crippen LogP contribution in [0.15, 0.2) is 30.5 Å². The van der Waals surface area contributed by atoms with Crippen molar-refractivity contribution < 1.29 is 18.8 Å². The maximum absolute atomic E-state index is 15.4. The number of likely N-dealkylation sites (tertiary alicyclic amines) is 1. The number of imide groups is 1. The molecule has 2 fully saturated rings. The predicted molar refractivity (Wildman–Crippen MR) is 127 cm³/mol. The molecule has 9 heteroatoms. The molecule has 1 N–H and O–H groups in total. The number of fused-ring (bicyclic) bond motifs is 2. The number of halogens is 1. The summed E-state index contributed by atoms with van der Waals surface area (Å²) in [5.41, 5.74) is 3.68. The van der Waals surface area contributed by atoms with Gasteiger partial charge in [-0.2, -0.15) is 0 Å². The van der Waals surface area contributed by atoms with Gasteiger partial charge in [0.1, 0.15) is 17.5 Å². The zero-order chi connectivity index (χ0) is 24.3. The maximum Gasteiger partial charge on any atom is 0.255 e. The lowest BCUT2D eigenvalue weighted by atomic mass is 10.0. The molecule has 1 aromatic carbocycles. The molecule has 3 aliphatic heterocycles. The number of aromatic nitrogens is 2. The van der Waals surface area contributed by atoms with Gasteiger partial charge in [-0.3, -0.25) is 24.6 Å². The largest absolute Gasteiger partial charge is 0.336 e. The Morgan fingerprint density at radius 2 is 1.91 bits per heavy atom. The number of rotatable bonds is 4. The molecule has 2 saturated heterocycles. The molecule has 6 rings (SSSR count). The van der Waals surface area contributed by atoms with E-state index in [2.05, 4.69) is 10.2 Å². The fourth-order valence-corrected chi connectivity index (χ4v) is 5.54. The minimum absolute atomic E-state index is 0.177. The standard InChI is InChI=1S/C26H26FN5O3/c1-30-9-6-17-16(13-31-7-2-3-8-31)11-21(28-24(17)30)19-10-15-14-32(26(35)18(15)12-20(19)27)22-4-5-23(33)29-25(22)34/h6,9-12,22H,2-5,7-8,13-14H2,1H3,(H,29,33,34). The first-order chi connectivity index (χ1) is 16.9. The van der Waals surface area contributed by atoms with E-state index in [0.29, 0.717) is 16.8 Å². The molecule has 3 aliphatic rings. The first-order valence-electron chi connectivity index (χ1n) is 12.0. The van der Waals surface area contributed by atoms with Crippen molar-refractivity contribution in [1.82, 2.24) is 24.7 Å². The molecule has 35 heavy (non-hydrogen) atoms. The van der Waals surface area contributed by atoms with Gasteiger partial charge in [-0.05, 0) is 67.7 Å². The van der Waals surface area contributed by atoms with Gasteiger partial charge in [0.2, 0.25) is 11.8 Å². The molecule has 180 valence electrons. The van der Waals surface area contributed by atoms with Gasteiger partial charge in [-0.25, -0.2) is 9.37 Å². The molecule has 5 heterocycles. The number of carbonyl (C=O) groups excluding carboxylic acids is 3. The van der Waals surface area contributed by atoms with Crippen molar-refractivity contribution in [3.63, 3.8) is 0 Å². The Balaban J connectivity index is 1.37. The van der Waals surface area contributed by atoms with Gasteiger partial charge in [0.15, 0.2) is 0 Å². The van der Waals surface area contributed by atoms with E-state index in [-0.39, 0.29) is 36.8 Å². The van der Waals surface area contributed by atoms with E-state index in [1.807, 2.05) is 29.9 Å². The number of benzene rings is 1. The topological polar surface area (TPSA) is 87.5 Å². The van der Waals surface area contributed by atoms with Crippen LogP contribution < -0.4 is 5.32 Å². The average molecular weight is 476 g/mol. The lowest BCUT2D eigenvalue weighted by molar-refractivity contribution is -0.136. The number of nitrogens with one attached hydrogen (secondary N) is 1. The van der Waals surface area contributed by atoms with Gasteiger partial charge in [0, 0.05) is 49.3 Å². The zero-order valence-corrected chi connectivity index (χ0v) is 19.5. The molecular weight excluding hydrogens is 449 g/mol. The van der Waals surface area contributed by atoms with E-state index in [1.54, 1.807) is 6.07 Å². The number of hydrogen-bond donors (Lipinski definition) is 1. The van der Waals surface area contributed by atoms with Crippen LogP contribution in [0.3, 0.4) is 0 Å². The number of amides is 3. The van der Waals surface area contributed by atoms with E-state index in [0.717, 1.165) is 36.2 Å². The van der Waals surface area contributed by atoms with Crippen LogP contribution in [0, 0.1) is 5.82 Å². The Kier molecular flexibility index (Phi) is 5.17. The molecule has 8 nitrogen and oxygen atoms in total. The highest BCUT2D eigenvalue weighted by atomic mass is 19.1. The van der Waals surface area contributed by atoms with Crippen LogP contribution in [0.25, 0.3) is 22.3 Å². The quantitative estimate of drug-likeness (QED) is 0.587. The van der Waals surface area contributed by atoms with Crippen molar-refractivity contribution in [2.24, 2.45) is 7.05 Å². The van der Waals surface area contributed by atoms with E-state index < -0.39 is 17.8 Å². The van der Waals surface area contributed by atoms with Gasteiger partial charge >= 0.3 is 0 Å². The Morgan fingerprint density at radius 3 is 2.69 bits per heavy atom. The monoisotopic (exact) mass is 475 g/mol. The minimum atomic E-state index is -0.732. The summed E-state index contributed by atoms with van der Waals surface area (Å²) in [6.07, 6.45) is 4.78. The third-order valence-electron chi connectivity index (χ3n) is 7.40. The summed E-state index contributed by atoms with van der Waals surface area (Å²) in [6, 6.07) is 6.22. The Hall–Kier alpha value is -3.59. The lowest BCUT2D eigenvalue weighted by Gasteiger charge is -2.29. The molecule has 0 bridgehead atoms. The van der Waals surface area contributed by atoms with Crippen molar-refractivity contribution in [3.05, 3.63) is 53.0 Å². The first-order valence-corrected chi connectivity index (χ1v) is 12.0. The van der Waals surface area contributed by atoms with Crippen LogP contribution in [0.2, 0.25) is 0 Å². The number of hydrogen-bond acceptors (Lipinski definition) is 5. The molecule has 0 radical (unpaired) electrons. The number of piperidine rings is 1. The Morgan fingerprint density at radius 1 is 1.11 bits per heavy atom. The van der Waals surface area contributed by atoms with E-state index in [1.165, 1.54) is 23.8 Å². The van der Waals surface area contributed by atoms with Crippen molar-refractivity contribution in [3.8, 4) is 11.3 Å². The third kappa shape index (κ3) is 3.70. The highest BCUT2D eigenvalue weighted by molar-refractivity contribution is 6.05. The van der Waals surface area contributed by atoms with Crippen LogP contribution >= 0.6 is 0 Å². The van der Waals surface area contributed by atoms with Crippen molar-refractivity contribution in [2.75, 3.05) is 13.1 Å². The SMILES string of the molecule is Cn1ccc2c(CN3CCCC3)cc(-c3cc4c(cc3F)C(=O)N(C3CCC(=O)NC3=O)C4)nc21. The van der Waals surface area contributed by atoms with Gasteiger partial charge in [-0.15, -0.1) is 0 Å². The molecule has 1 atom stereocenters. The fraction of sp³-hybridized carbons (Fsp3) is 0.385. The average Bonchev–Trinajstić information content (AvgIpc) is 3.54. The summed E-state index contributed by atoms with van der Waals surface area (Å²) in [7, 11) is 1.92. The number of pyridine rings is 1. The second kappa shape index (κ2) is 8.27. The summed E-state index contributed by atoms with van der Waals surface area (Å²) in [5, 5.41) is 3.35. The van der Waals surface area contributed by atoms with E-state index >= 15 is 4.39 Å².